The van der Waals surface area contributed by atoms with E-state index in [0.717, 1.165) is 29.7 Å². The number of aliphatic carboxylic acids is 1. The smallest absolute Gasteiger partial charge is 0.311 e. The molecule has 1 atom stereocenters. The van der Waals surface area contributed by atoms with Gasteiger partial charge in [0.05, 0.1) is 17.6 Å². The van der Waals surface area contributed by atoms with Crippen LogP contribution < -0.4 is 5.56 Å². The van der Waals surface area contributed by atoms with Gasteiger partial charge in [0, 0.05) is 11.4 Å². The molecule has 1 N–H and O–H groups in total. The number of fused-ring (bicyclic) bond motifs is 3. The molecule has 0 saturated heterocycles. The summed E-state index contributed by atoms with van der Waals surface area (Å²) < 4.78 is 1.63. The molecule has 0 spiro atoms. The molecule has 0 amide bonds. The van der Waals surface area contributed by atoms with Crippen molar-refractivity contribution in [1.29, 1.82) is 0 Å². The first-order chi connectivity index (χ1) is 10.5. The molecular formula is C16H20N2O3S. The van der Waals surface area contributed by atoms with E-state index >= 15 is 0 Å². The highest BCUT2D eigenvalue weighted by atomic mass is 32.1. The Hall–Kier alpha value is -1.69. The zero-order valence-corrected chi connectivity index (χ0v) is 13.7. The molecule has 0 saturated carbocycles. The van der Waals surface area contributed by atoms with E-state index in [1.807, 2.05) is 0 Å². The summed E-state index contributed by atoms with van der Waals surface area (Å²) in [6.45, 7) is 4.86. The number of aromatic nitrogens is 2. The predicted molar refractivity (Wildman–Crippen MR) is 86.6 cm³/mol. The molecule has 0 bridgehead atoms. The Kier molecular flexibility index (Phi) is 4.04. The van der Waals surface area contributed by atoms with Crippen LogP contribution in [0.3, 0.4) is 0 Å². The van der Waals surface area contributed by atoms with Crippen molar-refractivity contribution < 1.29 is 9.90 Å². The predicted octanol–water partition coefficient (Wildman–Crippen LogP) is 3.01. The summed E-state index contributed by atoms with van der Waals surface area (Å²) >= 11 is 1.48. The van der Waals surface area contributed by atoms with Crippen LogP contribution in [-0.2, 0) is 17.8 Å². The van der Waals surface area contributed by atoms with Crippen molar-refractivity contribution in [2.75, 3.05) is 0 Å². The van der Waals surface area contributed by atoms with E-state index in [2.05, 4.69) is 18.8 Å². The summed E-state index contributed by atoms with van der Waals surface area (Å²) in [5.41, 5.74) is 0.645. The summed E-state index contributed by atoms with van der Waals surface area (Å²) in [4.78, 5) is 30.4. The van der Waals surface area contributed by atoms with Gasteiger partial charge in [-0.05, 0) is 37.2 Å². The average Bonchev–Trinajstić information content (AvgIpc) is 2.85. The Balaban J connectivity index is 2.15. The van der Waals surface area contributed by atoms with E-state index in [4.69, 9.17) is 0 Å². The second-order valence-electron chi connectivity index (χ2n) is 6.33. The molecule has 1 unspecified atom stereocenters. The SMILES string of the molecule is CC(C)CCn1cnc2sc3c(c2c1=O)C(C(=O)O)CCC3. The van der Waals surface area contributed by atoms with Crippen LogP contribution >= 0.6 is 11.3 Å². The van der Waals surface area contributed by atoms with Gasteiger partial charge in [-0.15, -0.1) is 11.3 Å². The Morgan fingerprint density at radius 1 is 1.55 bits per heavy atom. The van der Waals surface area contributed by atoms with Gasteiger partial charge in [0.25, 0.3) is 5.56 Å². The van der Waals surface area contributed by atoms with Gasteiger partial charge in [-0.3, -0.25) is 14.2 Å². The fourth-order valence-electron chi connectivity index (χ4n) is 3.06. The molecule has 6 heteroatoms. The van der Waals surface area contributed by atoms with Gasteiger partial charge in [0.2, 0.25) is 0 Å². The molecule has 118 valence electrons. The molecule has 2 aromatic rings. The monoisotopic (exact) mass is 320 g/mol. The second kappa shape index (κ2) is 5.83. The lowest BCUT2D eigenvalue weighted by atomic mass is 9.86. The molecule has 1 aliphatic carbocycles. The first-order valence-corrected chi connectivity index (χ1v) is 8.54. The number of carboxylic acid groups (broad SMARTS) is 1. The summed E-state index contributed by atoms with van der Waals surface area (Å²) in [5, 5.41) is 10.0. The van der Waals surface area contributed by atoms with Crippen molar-refractivity contribution in [2.45, 2.75) is 52.0 Å². The maximum Gasteiger partial charge on any atom is 0.311 e. The van der Waals surface area contributed by atoms with Gasteiger partial charge >= 0.3 is 5.97 Å². The second-order valence-corrected chi connectivity index (χ2v) is 7.41. The minimum Gasteiger partial charge on any atom is -0.481 e. The van der Waals surface area contributed by atoms with Crippen LogP contribution in [0.5, 0.6) is 0 Å². The first kappa shape index (κ1) is 15.2. The van der Waals surface area contributed by atoms with Gasteiger partial charge in [0.1, 0.15) is 4.83 Å². The van der Waals surface area contributed by atoms with Gasteiger partial charge in [0.15, 0.2) is 0 Å². The Labute approximate surface area is 132 Å². The van der Waals surface area contributed by atoms with E-state index in [9.17, 15) is 14.7 Å². The van der Waals surface area contributed by atoms with E-state index in [1.54, 1.807) is 10.9 Å². The van der Waals surface area contributed by atoms with E-state index < -0.39 is 11.9 Å². The molecule has 3 rings (SSSR count). The van der Waals surface area contributed by atoms with Gasteiger partial charge in [-0.2, -0.15) is 0 Å². The van der Waals surface area contributed by atoms with Gasteiger partial charge < -0.3 is 5.11 Å². The number of nitrogens with zero attached hydrogens (tertiary/aromatic N) is 2. The van der Waals surface area contributed by atoms with Gasteiger partial charge in [-0.25, -0.2) is 4.98 Å². The lowest BCUT2D eigenvalue weighted by molar-refractivity contribution is -0.139. The maximum absolute atomic E-state index is 12.8. The first-order valence-electron chi connectivity index (χ1n) is 7.72. The summed E-state index contributed by atoms with van der Waals surface area (Å²) in [7, 11) is 0. The highest BCUT2D eigenvalue weighted by Gasteiger charge is 2.31. The quantitative estimate of drug-likeness (QED) is 0.940. The average molecular weight is 320 g/mol. The maximum atomic E-state index is 12.8. The molecular weight excluding hydrogens is 300 g/mol. The van der Waals surface area contributed by atoms with Crippen molar-refractivity contribution in [3.05, 3.63) is 27.1 Å². The Morgan fingerprint density at radius 2 is 2.32 bits per heavy atom. The summed E-state index contributed by atoms with van der Waals surface area (Å²) in [5.74, 6) is -0.892. The molecule has 5 nitrogen and oxygen atoms in total. The number of hydrogen-bond donors (Lipinski definition) is 1. The molecule has 0 aliphatic heterocycles. The topological polar surface area (TPSA) is 72.2 Å². The highest BCUT2D eigenvalue weighted by Crippen LogP contribution is 2.40. The van der Waals surface area contributed by atoms with Crippen LogP contribution in [-0.4, -0.2) is 20.6 Å². The Morgan fingerprint density at radius 3 is 3.00 bits per heavy atom. The van der Waals surface area contributed by atoms with E-state index in [-0.39, 0.29) is 5.56 Å². The molecule has 22 heavy (non-hydrogen) atoms. The van der Waals surface area contributed by atoms with Gasteiger partial charge in [-0.1, -0.05) is 13.8 Å². The van der Waals surface area contributed by atoms with Crippen molar-refractivity contribution in [1.82, 2.24) is 9.55 Å². The van der Waals surface area contributed by atoms with E-state index in [1.165, 1.54) is 11.3 Å². The minimum absolute atomic E-state index is 0.0868. The fraction of sp³-hybridized carbons (Fsp3) is 0.562. The third-order valence-corrected chi connectivity index (χ3v) is 5.46. The van der Waals surface area contributed by atoms with Crippen LogP contribution in [0, 0.1) is 5.92 Å². The van der Waals surface area contributed by atoms with Crippen LogP contribution in [0.2, 0.25) is 0 Å². The largest absolute Gasteiger partial charge is 0.481 e. The Bertz CT molecular complexity index is 776. The normalized spacial score (nSPS) is 17.9. The molecule has 0 radical (unpaired) electrons. The fourth-order valence-corrected chi connectivity index (χ4v) is 4.30. The molecule has 1 aliphatic rings. The number of thiophene rings is 1. The molecule has 2 heterocycles. The van der Waals surface area contributed by atoms with Crippen molar-refractivity contribution in [3.63, 3.8) is 0 Å². The van der Waals surface area contributed by atoms with Crippen molar-refractivity contribution in [3.8, 4) is 0 Å². The third-order valence-electron chi connectivity index (χ3n) is 4.28. The minimum atomic E-state index is -0.836. The lowest BCUT2D eigenvalue weighted by Gasteiger charge is -2.18. The number of carboxylic acids is 1. The van der Waals surface area contributed by atoms with Crippen molar-refractivity contribution in [2.24, 2.45) is 5.92 Å². The molecule has 0 aromatic carbocycles. The van der Waals surface area contributed by atoms with Crippen LogP contribution in [0.1, 0.15) is 49.5 Å². The zero-order chi connectivity index (χ0) is 15.9. The zero-order valence-electron chi connectivity index (χ0n) is 12.8. The number of hydrogen-bond acceptors (Lipinski definition) is 4. The molecule has 2 aromatic heterocycles. The molecule has 0 fully saturated rings. The highest BCUT2D eigenvalue weighted by molar-refractivity contribution is 7.18. The van der Waals surface area contributed by atoms with Crippen LogP contribution in [0.25, 0.3) is 10.2 Å². The van der Waals surface area contributed by atoms with E-state index in [0.29, 0.717) is 29.1 Å². The van der Waals surface area contributed by atoms with Crippen molar-refractivity contribution >= 4 is 27.5 Å². The number of carbonyl (C=O) groups is 1. The number of aryl methyl sites for hydroxylation is 2. The summed E-state index contributed by atoms with van der Waals surface area (Å²) in [6, 6.07) is 0. The lowest BCUT2D eigenvalue weighted by Crippen LogP contribution is -2.24. The summed E-state index contributed by atoms with van der Waals surface area (Å²) in [6.07, 6.45) is 4.82. The van der Waals surface area contributed by atoms with Crippen LogP contribution in [0.4, 0.5) is 0 Å². The standard InChI is InChI=1S/C16H20N2O3S/c1-9(2)6-7-18-8-17-14-13(15(18)19)12-10(16(20)21)4-3-5-11(12)22-14/h8-10H,3-7H2,1-2H3,(H,20,21). The number of rotatable bonds is 4. The third kappa shape index (κ3) is 2.56. The van der Waals surface area contributed by atoms with Crippen LogP contribution in [0.15, 0.2) is 11.1 Å².